The zero-order chi connectivity index (χ0) is 22.0. The molecule has 1 saturated heterocycles. The normalized spacial score (nSPS) is 21.5. The highest BCUT2D eigenvalue weighted by atomic mass is 16.5. The molecule has 4 aromatic rings. The molecule has 1 aliphatic heterocycles. The summed E-state index contributed by atoms with van der Waals surface area (Å²) >= 11 is 0. The fraction of sp³-hybridized carbons (Fsp3) is 0.440. The molecular weight excluding hydrogens is 418 g/mol. The van der Waals surface area contributed by atoms with E-state index in [4.69, 9.17) is 13.9 Å². The van der Waals surface area contributed by atoms with E-state index >= 15 is 0 Å². The Bertz CT molecular complexity index is 1250. The maximum atomic E-state index is 6.56. The van der Waals surface area contributed by atoms with Gasteiger partial charge in [-0.05, 0) is 50.2 Å². The van der Waals surface area contributed by atoms with Gasteiger partial charge in [0.1, 0.15) is 17.6 Å². The smallest absolute Gasteiger partial charge is 0.229 e. The van der Waals surface area contributed by atoms with Gasteiger partial charge in [0.05, 0.1) is 42.2 Å². The van der Waals surface area contributed by atoms with Crippen molar-refractivity contribution < 1.29 is 13.9 Å². The number of aromatic nitrogens is 4. The standard InChI is InChI=1S/C25H27N5O3/c1-3-19(4-2-17(1)13-21-20-5-10-32-25(20)29-16-28-21)33-23-15-18(30-8-11-31-12-9-30)14-22-24(23)27-7-6-26-22/h5-7,10,14-17,19H,1-4,8-9,11-13H2. The third kappa shape index (κ3) is 4.23. The lowest BCUT2D eigenvalue weighted by Crippen LogP contribution is -2.36. The molecule has 0 bridgehead atoms. The quantitative estimate of drug-likeness (QED) is 0.452. The number of rotatable bonds is 5. The molecule has 0 atom stereocenters. The van der Waals surface area contributed by atoms with Crippen LogP contribution in [0.15, 0.2) is 47.6 Å². The van der Waals surface area contributed by atoms with Crippen LogP contribution >= 0.6 is 0 Å². The van der Waals surface area contributed by atoms with Crippen LogP contribution < -0.4 is 9.64 Å². The first kappa shape index (κ1) is 20.4. The molecular formula is C25H27N5O3. The first-order valence-corrected chi connectivity index (χ1v) is 11.7. The van der Waals surface area contributed by atoms with E-state index in [1.54, 1.807) is 25.0 Å². The minimum absolute atomic E-state index is 0.186. The van der Waals surface area contributed by atoms with Crippen LogP contribution in [-0.4, -0.2) is 52.3 Å². The summed E-state index contributed by atoms with van der Waals surface area (Å²) in [5.74, 6) is 1.43. The maximum absolute atomic E-state index is 6.56. The van der Waals surface area contributed by atoms with Crippen molar-refractivity contribution in [2.45, 2.75) is 38.2 Å². The first-order chi connectivity index (χ1) is 16.3. The molecule has 8 heteroatoms. The molecule has 0 N–H and O–H groups in total. The summed E-state index contributed by atoms with van der Waals surface area (Å²) in [5.41, 5.74) is 4.59. The number of benzene rings is 1. The molecule has 0 unspecified atom stereocenters. The largest absolute Gasteiger partial charge is 0.488 e. The highest BCUT2D eigenvalue weighted by Gasteiger charge is 2.25. The Morgan fingerprint density at radius 1 is 0.970 bits per heavy atom. The van der Waals surface area contributed by atoms with Gasteiger partial charge in [0.25, 0.3) is 0 Å². The van der Waals surface area contributed by atoms with Crippen LogP contribution in [0.3, 0.4) is 0 Å². The number of anilines is 1. The van der Waals surface area contributed by atoms with Crippen molar-refractivity contribution in [3.8, 4) is 5.75 Å². The van der Waals surface area contributed by atoms with Crippen molar-refractivity contribution in [3.63, 3.8) is 0 Å². The number of fused-ring (bicyclic) bond motifs is 2. The Balaban J connectivity index is 1.16. The predicted octanol–water partition coefficient (Wildman–Crippen LogP) is 4.18. The van der Waals surface area contributed by atoms with Gasteiger partial charge < -0.3 is 18.8 Å². The second kappa shape index (κ2) is 8.94. The summed E-state index contributed by atoms with van der Waals surface area (Å²) in [5, 5.41) is 1.03. The van der Waals surface area contributed by atoms with Crippen molar-refractivity contribution >= 4 is 27.8 Å². The number of hydrogen-bond donors (Lipinski definition) is 0. The monoisotopic (exact) mass is 445 g/mol. The van der Waals surface area contributed by atoms with Gasteiger partial charge in [0.2, 0.25) is 5.71 Å². The summed E-state index contributed by atoms with van der Waals surface area (Å²) in [4.78, 5) is 20.2. The lowest BCUT2D eigenvalue weighted by atomic mass is 9.84. The van der Waals surface area contributed by atoms with Crippen molar-refractivity contribution in [1.29, 1.82) is 0 Å². The first-order valence-electron chi connectivity index (χ1n) is 11.7. The third-order valence-corrected chi connectivity index (χ3v) is 6.81. The predicted molar refractivity (Wildman–Crippen MR) is 124 cm³/mol. The molecule has 4 heterocycles. The molecule has 8 nitrogen and oxygen atoms in total. The fourth-order valence-corrected chi connectivity index (χ4v) is 5.03. The minimum atomic E-state index is 0.186. The van der Waals surface area contributed by atoms with E-state index in [1.807, 2.05) is 6.07 Å². The third-order valence-electron chi connectivity index (χ3n) is 6.81. The molecule has 0 spiro atoms. The minimum Gasteiger partial charge on any atom is -0.488 e. The van der Waals surface area contributed by atoms with Gasteiger partial charge >= 0.3 is 0 Å². The molecule has 2 aliphatic rings. The molecule has 170 valence electrons. The van der Waals surface area contributed by atoms with Gasteiger partial charge in [-0.15, -0.1) is 0 Å². The van der Waals surface area contributed by atoms with E-state index in [2.05, 4.69) is 37.0 Å². The summed E-state index contributed by atoms with van der Waals surface area (Å²) in [6.07, 6.45) is 12.2. The van der Waals surface area contributed by atoms with Crippen LogP contribution in [-0.2, 0) is 11.2 Å². The van der Waals surface area contributed by atoms with Crippen LogP contribution in [0.1, 0.15) is 31.4 Å². The average Bonchev–Trinajstić information content (AvgIpc) is 3.36. The Labute approximate surface area is 192 Å². The van der Waals surface area contributed by atoms with Crippen LogP contribution in [0.5, 0.6) is 5.75 Å². The number of ether oxygens (including phenoxy) is 2. The lowest BCUT2D eigenvalue weighted by Gasteiger charge is -2.31. The molecule has 0 radical (unpaired) electrons. The average molecular weight is 446 g/mol. The van der Waals surface area contributed by atoms with Gasteiger partial charge in [-0.3, -0.25) is 4.98 Å². The van der Waals surface area contributed by atoms with Gasteiger partial charge in [-0.1, -0.05) is 0 Å². The molecule has 33 heavy (non-hydrogen) atoms. The number of furan rings is 1. The Morgan fingerprint density at radius 2 is 1.82 bits per heavy atom. The van der Waals surface area contributed by atoms with Gasteiger partial charge in [0.15, 0.2) is 0 Å². The number of nitrogens with zero attached hydrogens (tertiary/aromatic N) is 5. The van der Waals surface area contributed by atoms with Crippen molar-refractivity contribution in [1.82, 2.24) is 19.9 Å². The summed E-state index contributed by atoms with van der Waals surface area (Å²) in [7, 11) is 0. The van der Waals surface area contributed by atoms with E-state index < -0.39 is 0 Å². The van der Waals surface area contributed by atoms with Crippen LogP contribution in [0, 0.1) is 5.92 Å². The number of morpholine rings is 1. The van der Waals surface area contributed by atoms with Crippen LogP contribution in [0.2, 0.25) is 0 Å². The molecule has 1 aromatic carbocycles. The van der Waals surface area contributed by atoms with E-state index in [0.29, 0.717) is 11.6 Å². The summed E-state index contributed by atoms with van der Waals surface area (Å²) < 4.78 is 17.5. The molecule has 1 aliphatic carbocycles. The van der Waals surface area contributed by atoms with E-state index in [9.17, 15) is 0 Å². The zero-order valence-electron chi connectivity index (χ0n) is 18.5. The Kier molecular flexibility index (Phi) is 5.51. The molecule has 0 amide bonds. The van der Waals surface area contributed by atoms with Crippen molar-refractivity contribution in [3.05, 3.63) is 48.9 Å². The van der Waals surface area contributed by atoms with Gasteiger partial charge in [-0.2, -0.15) is 0 Å². The van der Waals surface area contributed by atoms with Crippen LogP contribution in [0.25, 0.3) is 22.1 Å². The Morgan fingerprint density at radius 3 is 2.70 bits per heavy atom. The van der Waals surface area contributed by atoms with E-state index in [-0.39, 0.29) is 6.10 Å². The molecule has 1 saturated carbocycles. The maximum Gasteiger partial charge on any atom is 0.229 e. The fourth-order valence-electron chi connectivity index (χ4n) is 5.03. The molecule has 6 rings (SSSR count). The summed E-state index contributed by atoms with van der Waals surface area (Å²) in [6.45, 7) is 3.25. The Hall–Kier alpha value is -3.26. The molecule has 2 fully saturated rings. The van der Waals surface area contributed by atoms with Gasteiger partial charge in [-0.25, -0.2) is 15.0 Å². The van der Waals surface area contributed by atoms with Crippen molar-refractivity contribution in [2.75, 3.05) is 31.2 Å². The van der Waals surface area contributed by atoms with Crippen molar-refractivity contribution in [2.24, 2.45) is 5.92 Å². The van der Waals surface area contributed by atoms with E-state index in [1.165, 1.54) is 0 Å². The SMILES string of the molecule is c1cnc2c(OC3CCC(Cc4ncnc5occc45)CC3)cc(N3CCOCC3)cc2n1. The van der Waals surface area contributed by atoms with Gasteiger partial charge in [0, 0.05) is 37.2 Å². The highest BCUT2D eigenvalue weighted by molar-refractivity contribution is 5.85. The number of hydrogen-bond acceptors (Lipinski definition) is 8. The highest BCUT2D eigenvalue weighted by Crippen LogP contribution is 2.35. The topological polar surface area (TPSA) is 86.4 Å². The van der Waals surface area contributed by atoms with Crippen LogP contribution in [0.4, 0.5) is 5.69 Å². The zero-order valence-corrected chi connectivity index (χ0v) is 18.5. The van der Waals surface area contributed by atoms with E-state index in [0.717, 1.165) is 92.0 Å². The lowest BCUT2D eigenvalue weighted by molar-refractivity contribution is 0.122. The molecule has 3 aromatic heterocycles. The second-order valence-corrected chi connectivity index (χ2v) is 8.89. The second-order valence-electron chi connectivity index (χ2n) is 8.89. The summed E-state index contributed by atoms with van der Waals surface area (Å²) in [6, 6.07) is 6.20.